The fourth-order valence-electron chi connectivity index (χ4n) is 1.93. The van der Waals surface area contributed by atoms with Crippen molar-refractivity contribution in [2.24, 2.45) is 0 Å². The van der Waals surface area contributed by atoms with Gasteiger partial charge in [0.2, 0.25) is 5.91 Å². The normalized spacial score (nSPS) is 14.4. The molecule has 1 N–H and O–H groups in total. The molecule has 0 unspecified atom stereocenters. The Hall–Kier alpha value is -1.82. The van der Waals surface area contributed by atoms with Crippen LogP contribution in [0.15, 0.2) is 17.8 Å². The Balaban J connectivity index is 1.69. The molecule has 19 heavy (non-hydrogen) atoms. The lowest BCUT2D eigenvalue weighted by atomic mass is 10.2. The molecule has 2 heterocycles. The van der Waals surface area contributed by atoms with E-state index < -0.39 is 0 Å². The standard InChI is InChI=1S/C13H14N4OS/c1-8-16-10(7-19-8)6-11(18)17-13-12(9-2-3-9)14-4-5-15-13/h4-5,7,9H,2-3,6H2,1H3,(H,15,17,18). The van der Waals surface area contributed by atoms with Gasteiger partial charge in [-0.25, -0.2) is 9.97 Å². The number of rotatable bonds is 4. The number of carbonyl (C=O) groups excluding carboxylic acids is 1. The molecule has 1 aliphatic carbocycles. The molecule has 98 valence electrons. The van der Waals surface area contributed by atoms with Gasteiger partial charge in [0.05, 0.1) is 22.8 Å². The van der Waals surface area contributed by atoms with Gasteiger partial charge < -0.3 is 5.32 Å². The van der Waals surface area contributed by atoms with E-state index in [0.29, 0.717) is 11.7 Å². The summed E-state index contributed by atoms with van der Waals surface area (Å²) >= 11 is 1.55. The van der Waals surface area contributed by atoms with Crippen LogP contribution in [0, 0.1) is 6.92 Å². The Morgan fingerprint density at radius 1 is 1.42 bits per heavy atom. The molecule has 1 amide bonds. The van der Waals surface area contributed by atoms with Crippen LogP contribution in [-0.4, -0.2) is 20.9 Å². The average molecular weight is 274 g/mol. The highest BCUT2D eigenvalue weighted by atomic mass is 32.1. The zero-order chi connectivity index (χ0) is 13.2. The fourth-order valence-corrected chi connectivity index (χ4v) is 2.54. The van der Waals surface area contributed by atoms with E-state index in [1.54, 1.807) is 23.7 Å². The highest BCUT2D eigenvalue weighted by Gasteiger charge is 2.28. The number of hydrogen-bond donors (Lipinski definition) is 1. The third-order valence-electron chi connectivity index (χ3n) is 2.96. The van der Waals surface area contributed by atoms with Crippen LogP contribution < -0.4 is 5.32 Å². The van der Waals surface area contributed by atoms with Gasteiger partial charge in [0, 0.05) is 23.7 Å². The van der Waals surface area contributed by atoms with Crippen molar-refractivity contribution >= 4 is 23.1 Å². The van der Waals surface area contributed by atoms with E-state index in [-0.39, 0.29) is 12.3 Å². The Bertz CT molecular complexity index is 606. The lowest BCUT2D eigenvalue weighted by Gasteiger charge is -2.07. The van der Waals surface area contributed by atoms with Crippen molar-refractivity contribution in [3.63, 3.8) is 0 Å². The average Bonchev–Trinajstić information content (AvgIpc) is 3.14. The first-order valence-corrected chi connectivity index (χ1v) is 7.12. The van der Waals surface area contributed by atoms with Crippen LogP contribution >= 0.6 is 11.3 Å². The predicted molar refractivity (Wildman–Crippen MR) is 73.2 cm³/mol. The molecule has 0 aliphatic heterocycles. The molecule has 0 radical (unpaired) electrons. The molecule has 0 spiro atoms. The van der Waals surface area contributed by atoms with Gasteiger partial charge in [0.15, 0.2) is 5.82 Å². The summed E-state index contributed by atoms with van der Waals surface area (Å²) < 4.78 is 0. The van der Waals surface area contributed by atoms with E-state index in [1.807, 2.05) is 12.3 Å². The maximum absolute atomic E-state index is 12.0. The number of carbonyl (C=O) groups is 1. The second-order valence-corrected chi connectivity index (χ2v) is 5.71. The monoisotopic (exact) mass is 274 g/mol. The molecule has 2 aromatic heterocycles. The van der Waals surface area contributed by atoms with Gasteiger partial charge in [0.1, 0.15) is 0 Å². The predicted octanol–water partition coefficient (Wildman–Crippen LogP) is 2.30. The van der Waals surface area contributed by atoms with Gasteiger partial charge in [-0.1, -0.05) is 0 Å². The molecular weight excluding hydrogens is 260 g/mol. The smallest absolute Gasteiger partial charge is 0.231 e. The summed E-state index contributed by atoms with van der Waals surface area (Å²) in [6.45, 7) is 1.93. The van der Waals surface area contributed by atoms with Gasteiger partial charge in [0.25, 0.3) is 0 Å². The molecule has 1 saturated carbocycles. The topological polar surface area (TPSA) is 67.8 Å². The largest absolute Gasteiger partial charge is 0.309 e. The minimum absolute atomic E-state index is 0.0901. The lowest BCUT2D eigenvalue weighted by molar-refractivity contribution is -0.115. The van der Waals surface area contributed by atoms with Gasteiger partial charge in [-0.05, 0) is 19.8 Å². The molecule has 1 fully saturated rings. The maximum atomic E-state index is 12.0. The molecule has 0 saturated heterocycles. The second kappa shape index (κ2) is 5.05. The summed E-state index contributed by atoms with van der Waals surface area (Å²) in [5, 5.41) is 5.72. The number of aryl methyl sites for hydroxylation is 1. The van der Waals surface area contributed by atoms with Gasteiger partial charge in [-0.3, -0.25) is 9.78 Å². The first-order valence-electron chi connectivity index (χ1n) is 6.24. The van der Waals surface area contributed by atoms with Crippen LogP contribution in [0.5, 0.6) is 0 Å². The van der Waals surface area contributed by atoms with Gasteiger partial charge in [-0.15, -0.1) is 11.3 Å². The zero-order valence-electron chi connectivity index (χ0n) is 10.6. The SMILES string of the molecule is Cc1nc(CC(=O)Nc2nccnc2C2CC2)cs1. The number of thiazole rings is 1. The highest BCUT2D eigenvalue weighted by molar-refractivity contribution is 7.09. The lowest BCUT2D eigenvalue weighted by Crippen LogP contribution is -2.17. The third kappa shape index (κ3) is 2.96. The molecule has 0 aromatic carbocycles. The third-order valence-corrected chi connectivity index (χ3v) is 3.78. The summed E-state index contributed by atoms with van der Waals surface area (Å²) in [5.74, 6) is 0.972. The molecule has 1 aliphatic rings. The van der Waals surface area contributed by atoms with Crippen LogP contribution in [0.2, 0.25) is 0 Å². The Kier molecular flexibility index (Phi) is 3.25. The fraction of sp³-hybridized carbons (Fsp3) is 0.385. The summed E-state index contributed by atoms with van der Waals surface area (Å²) in [5.41, 5.74) is 1.71. The first-order chi connectivity index (χ1) is 9.22. The quantitative estimate of drug-likeness (QED) is 0.929. The van der Waals surface area contributed by atoms with Crippen LogP contribution in [0.1, 0.15) is 35.2 Å². The number of nitrogens with one attached hydrogen (secondary N) is 1. The molecule has 0 atom stereocenters. The number of anilines is 1. The zero-order valence-corrected chi connectivity index (χ0v) is 11.4. The van der Waals surface area contributed by atoms with Crippen molar-refractivity contribution in [2.45, 2.75) is 32.1 Å². The van der Waals surface area contributed by atoms with Gasteiger partial charge in [-0.2, -0.15) is 0 Å². The van der Waals surface area contributed by atoms with E-state index in [0.717, 1.165) is 29.2 Å². The molecule has 2 aromatic rings. The van der Waals surface area contributed by atoms with Crippen molar-refractivity contribution in [3.8, 4) is 0 Å². The van der Waals surface area contributed by atoms with Crippen molar-refractivity contribution in [1.82, 2.24) is 15.0 Å². The van der Waals surface area contributed by atoms with E-state index in [1.165, 1.54) is 0 Å². The number of nitrogens with zero attached hydrogens (tertiary/aromatic N) is 3. The van der Waals surface area contributed by atoms with Crippen molar-refractivity contribution < 1.29 is 4.79 Å². The Morgan fingerprint density at radius 2 is 2.21 bits per heavy atom. The van der Waals surface area contributed by atoms with Gasteiger partial charge >= 0.3 is 0 Å². The number of aromatic nitrogens is 3. The van der Waals surface area contributed by atoms with Crippen LogP contribution in [0.4, 0.5) is 5.82 Å². The minimum atomic E-state index is -0.0901. The second-order valence-electron chi connectivity index (χ2n) is 4.65. The summed E-state index contributed by atoms with van der Waals surface area (Å²) in [6, 6.07) is 0. The van der Waals surface area contributed by atoms with E-state index >= 15 is 0 Å². The number of hydrogen-bond acceptors (Lipinski definition) is 5. The van der Waals surface area contributed by atoms with Crippen molar-refractivity contribution in [1.29, 1.82) is 0 Å². The van der Waals surface area contributed by atoms with E-state index in [4.69, 9.17) is 0 Å². The molecule has 3 rings (SSSR count). The van der Waals surface area contributed by atoms with Crippen LogP contribution in [0.25, 0.3) is 0 Å². The van der Waals surface area contributed by atoms with Crippen LogP contribution in [0.3, 0.4) is 0 Å². The molecule has 5 nitrogen and oxygen atoms in total. The molecular formula is C13H14N4OS. The molecule has 0 bridgehead atoms. The van der Waals surface area contributed by atoms with E-state index in [9.17, 15) is 4.79 Å². The van der Waals surface area contributed by atoms with E-state index in [2.05, 4.69) is 20.3 Å². The summed E-state index contributed by atoms with van der Waals surface area (Å²) in [4.78, 5) is 24.8. The maximum Gasteiger partial charge on any atom is 0.231 e. The molecule has 6 heteroatoms. The van der Waals surface area contributed by atoms with Crippen LogP contribution in [-0.2, 0) is 11.2 Å². The number of amides is 1. The van der Waals surface area contributed by atoms with Crippen molar-refractivity contribution in [3.05, 3.63) is 34.2 Å². The van der Waals surface area contributed by atoms with Crippen molar-refractivity contribution in [2.75, 3.05) is 5.32 Å². The Morgan fingerprint density at radius 3 is 2.89 bits per heavy atom. The highest BCUT2D eigenvalue weighted by Crippen LogP contribution is 2.41. The first kappa shape index (κ1) is 12.2. The minimum Gasteiger partial charge on any atom is -0.309 e. The summed E-state index contributed by atoms with van der Waals surface area (Å²) in [7, 11) is 0. The Labute approximate surface area is 115 Å². The summed E-state index contributed by atoms with van der Waals surface area (Å²) in [6.07, 6.45) is 5.83.